The topological polar surface area (TPSA) is 38.0 Å². The second-order valence-corrected chi connectivity index (χ2v) is 5.65. The number of nitrogens with one attached hydrogen (secondary N) is 1. The van der Waals surface area contributed by atoms with Crippen LogP contribution in [0, 0.1) is 5.82 Å². The first kappa shape index (κ1) is 13.5. The zero-order chi connectivity index (χ0) is 13.1. The molecule has 1 aromatic heterocycles. The first-order valence-electron chi connectivity index (χ1n) is 5.12. The van der Waals surface area contributed by atoms with Gasteiger partial charge in [0, 0.05) is 12.1 Å². The molecule has 0 unspecified atom stereocenters. The molecule has 0 fully saturated rings. The predicted molar refractivity (Wildman–Crippen MR) is 81.6 cm³/mol. The molecular formula is C12H10BrFN2S2. The van der Waals surface area contributed by atoms with Crippen LogP contribution in [-0.2, 0) is 6.54 Å². The average molecular weight is 345 g/mol. The number of rotatable bonds is 4. The molecule has 0 aliphatic heterocycles. The van der Waals surface area contributed by atoms with Crippen molar-refractivity contribution in [3.8, 4) is 0 Å². The molecule has 3 N–H and O–H groups in total. The fraction of sp³-hybridized carbons (Fsp3) is 0.0833. The molecule has 0 bridgehead atoms. The van der Waals surface area contributed by atoms with Gasteiger partial charge in [-0.2, -0.15) is 11.3 Å². The van der Waals surface area contributed by atoms with E-state index in [4.69, 9.17) is 18.0 Å². The number of thiocarbonyl (C=S) groups is 1. The largest absolute Gasteiger partial charge is 0.389 e. The lowest BCUT2D eigenvalue weighted by atomic mass is 10.2. The first-order valence-corrected chi connectivity index (χ1v) is 7.26. The van der Waals surface area contributed by atoms with E-state index < -0.39 is 0 Å². The van der Waals surface area contributed by atoms with Gasteiger partial charge in [-0.25, -0.2) is 4.39 Å². The second-order valence-electron chi connectivity index (χ2n) is 3.64. The lowest BCUT2D eigenvalue weighted by Crippen LogP contribution is -2.12. The summed E-state index contributed by atoms with van der Waals surface area (Å²) in [5, 5.41) is 7.04. The van der Waals surface area contributed by atoms with E-state index in [2.05, 4.69) is 21.2 Å². The molecule has 0 amide bonds. The van der Waals surface area contributed by atoms with Crippen LogP contribution in [0.1, 0.15) is 11.1 Å². The Morgan fingerprint density at radius 1 is 1.44 bits per heavy atom. The number of hydrogen-bond acceptors (Lipinski definition) is 3. The highest BCUT2D eigenvalue weighted by molar-refractivity contribution is 9.10. The van der Waals surface area contributed by atoms with Crippen LogP contribution in [0.25, 0.3) is 0 Å². The highest BCUT2D eigenvalue weighted by atomic mass is 79.9. The number of thiophene rings is 1. The van der Waals surface area contributed by atoms with Crippen LogP contribution in [0.4, 0.5) is 10.1 Å². The van der Waals surface area contributed by atoms with E-state index in [9.17, 15) is 4.39 Å². The third kappa shape index (κ3) is 2.88. The molecule has 94 valence electrons. The minimum atomic E-state index is -0.379. The molecule has 0 saturated carbocycles. The number of benzene rings is 1. The van der Waals surface area contributed by atoms with Crippen LogP contribution in [0.3, 0.4) is 0 Å². The molecule has 0 radical (unpaired) electrons. The summed E-state index contributed by atoms with van der Waals surface area (Å²) in [5.41, 5.74) is 7.55. The summed E-state index contributed by atoms with van der Waals surface area (Å²) in [6.45, 7) is 0.583. The molecule has 18 heavy (non-hydrogen) atoms. The minimum Gasteiger partial charge on any atom is -0.389 e. The Morgan fingerprint density at radius 2 is 2.22 bits per heavy atom. The zero-order valence-corrected chi connectivity index (χ0v) is 12.5. The van der Waals surface area contributed by atoms with Gasteiger partial charge in [-0.3, -0.25) is 0 Å². The molecule has 0 aliphatic rings. The van der Waals surface area contributed by atoms with E-state index in [1.165, 1.54) is 0 Å². The van der Waals surface area contributed by atoms with E-state index in [0.717, 1.165) is 5.56 Å². The molecule has 2 rings (SSSR count). The Bertz CT molecular complexity index is 570. The van der Waals surface area contributed by atoms with Crippen LogP contribution >= 0.6 is 39.5 Å². The fourth-order valence-electron chi connectivity index (χ4n) is 1.47. The summed E-state index contributed by atoms with van der Waals surface area (Å²) in [7, 11) is 0. The highest BCUT2D eigenvalue weighted by Gasteiger charge is 2.12. The Balaban J connectivity index is 2.19. The minimum absolute atomic E-state index is 0.171. The van der Waals surface area contributed by atoms with Gasteiger partial charge in [-0.1, -0.05) is 12.2 Å². The maximum absolute atomic E-state index is 14.0. The maximum atomic E-state index is 14.0. The Kier molecular flexibility index (Phi) is 4.31. The van der Waals surface area contributed by atoms with Crippen molar-refractivity contribution in [3.05, 3.63) is 50.4 Å². The molecule has 1 heterocycles. The van der Waals surface area contributed by atoms with Gasteiger partial charge in [0.05, 0.1) is 10.2 Å². The summed E-state index contributed by atoms with van der Waals surface area (Å²) in [5.74, 6) is -0.379. The summed E-state index contributed by atoms with van der Waals surface area (Å²) >= 11 is 9.63. The molecule has 0 aliphatic carbocycles. The van der Waals surface area contributed by atoms with E-state index in [0.29, 0.717) is 22.3 Å². The zero-order valence-electron chi connectivity index (χ0n) is 9.24. The van der Waals surface area contributed by atoms with Gasteiger partial charge < -0.3 is 11.1 Å². The number of hydrogen-bond donors (Lipinski definition) is 2. The number of anilines is 1. The fourth-order valence-corrected chi connectivity index (χ4v) is 3.00. The van der Waals surface area contributed by atoms with Crippen LogP contribution in [-0.4, -0.2) is 4.99 Å². The predicted octanol–water partition coefficient (Wildman–Crippen LogP) is 3.90. The van der Waals surface area contributed by atoms with Crippen molar-refractivity contribution in [2.24, 2.45) is 5.73 Å². The van der Waals surface area contributed by atoms with Crippen LogP contribution in [0.2, 0.25) is 0 Å². The molecule has 0 spiro atoms. The van der Waals surface area contributed by atoms with Crippen LogP contribution < -0.4 is 11.1 Å². The van der Waals surface area contributed by atoms with Crippen molar-refractivity contribution in [1.82, 2.24) is 0 Å². The summed E-state index contributed by atoms with van der Waals surface area (Å²) < 4.78 is 14.3. The van der Waals surface area contributed by atoms with Gasteiger partial charge in [0.25, 0.3) is 0 Å². The SMILES string of the molecule is NC(=S)c1ccc(NCc2ccsc2)c(F)c1Br. The van der Waals surface area contributed by atoms with E-state index in [1.807, 2.05) is 16.8 Å². The van der Waals surface area contributed by atoms with Crippen molar-refractivity contribution >= 4 is 50.2 Å². The molecule has 1 aromatic carbocycles. The van der Waals surface area contributed by atoms with Gasteiger partial charge in [0.1, 0.15) is 4.99 Å². The summed E-state index contributed by atoms with van der Waals surface area (Å²) in [6, 6.07) is 5.33. The third-order valence-corrected chi connectivity index (χ3v) is 4.14. The van der Waals surface area contributed by atoms with Crippen LogP contribution in [0.15, 0.2) is 33.4 Å². The lowest BCUT2D eigenvalue weighted by molar-refractivity contribution is 0.623. The number of nitrogens with two attached hydrogens (primary N) is 1. The Hall–Kier alpha value is -0.980. The molecular weight excluding hydrogens is 335 g/mol. The van der Waals surface area contributed by atoms with Crippen molar-refractivity contribution in [3.63, 3.8) is 0 Å². The highest BCUT2D eigenvalue weighted by Crippen LogP contribution is 2.27. The maximum Gasteiger partial charge on any atom is 0.161 e. The average Bonchev–Trinajstić information content (AvgIpc) is 2.83. The molecule has 2 aromatic rings. The van der Waals surface area contributed by atoms with Crippen LogP contribution in [0.5, 0.6) is 0 Å². The number of halogens is 2. The Morgan fingerprint density at radius 3 is 2.83 bits per heavy atom. The molecule has 6 heteroatoms. The second kappa shape index (κ2) is 5.77. The smallest absolute Gasteiger partial charge is 0.161 e. The van der Waals surface area contributed by atoms with Gasteiger partial charge in [0.2, 0.25) is 0 Å². The van der Waals surface area contributed by atoms with Crippen molar-refractivity contribution in [2.75, 3.05) is 5.32 Å². The lowest BCUT2D eigenvalue weighted by Gasteiger charge is -2.10. The first-order chi connectivity index (χ1) is 8.59. The summed E-state index contributed by atoms with van der Waals surface area (Å²) in [4.78, 5) is 0.171. The normalized spacial score (nSPS) is 10.3. The summed E-state index contributed by atoms with van der Waals surface area (Å²) in [6.07, 6.45) is 0. The molecule has 0 saturated heterocycles. The van der Waals surface area contributed by atoms with E-state index in [1.54, 1.807) is 23.5 Å². The van der Waals surface area contributed by atoms with Gasteiger partial charge in [-0.15, -0.1) is 0 Å². The Labute approximate surface area is 122 Å². The standard InChI is InChI=1S/C12H10BrFN2S2/c13-10-8(12(15)17)1-2-9(11(10)14)16-5-7-3-4-18-6-7/h1-4,6,16H,5H2,(H2,15,17). The monoisotopic (exact) mass is 344 g/mol. The van der Waals surface area contributed by atoms with Gasteiger partial charge in [-0.05, 0) is 50.5 Å². The molecule has 0 atom stereocenters. The van der Waals surface area contributed by atoms with Crippen molar-refractivity contribution in [2.45, 2.75) is 6.54 Å². The van der Waals surface area contributed by atoms with Crippen molar-refractivity contribution in [1.29, 1.82) is 0 Å². The van der Waals surface area contributed by atoms with E-state index >= 15 is 0 Å². The molecule has 2 nitrogen and oxygen atoms in total. The van der Waals surface area contributed by atoms with Crippen molar-refractivity contribution < 1.29 is 4.39 Å². The third-order valence-electron chi connectivity index (χ3n) is 2.41. The van der Waals surface area contributed by atoms with Gasteiger partial charge in [0.15, 0.2) is 5.82 Å². The quantitative estimate of drug-likeness (QED) is 0.826. The van der Waals surface area contributed by atoms with E-state index in [-0.39, 0.29) is 10.8 Å². The van der Waals surface area contributed by atoms with Gasteiger partial charge >= 0.3 is 0 Å².